The minimum Gasteiger partial charge on any atom is -0.369 e. The van der Waals surface area contributed by atoms with E-state index in [2.05, 4.69) is 20.6 Å². The number of anilines is 2. The lowest BCUT2D eigenvalue weighted by Gasteiger charge is -2.11. The van der Waals surface area contributed by atoms with Crippen molar-refractivity contribution in [2.75, 3.05) is 24.2 Å². The van der Waals surface area contributed by atoms with Gasteiger partial charge in [-0.25, -0.2) is 4.98 Å². The molecule has 1 fully saturated rings. The van der Waals surface area contributed by atoms with Crippen LogP contribution in [0, 0.1) is 5.92 Å². The first kappa shape index (κ1) is 13.4. The van der Waals surface area contributed by atoms with Crippen molar-refractivity contribution in [3.8, 4) is 0 Å². The lowest BCUT2D eigenvalue weighted by molar-refractivity contribution is 0.491. The molecule has 0 amide bonds. The number of rotatable bonds is 6. The Morgan fingerprint density at radius 3 is 2.89 bits per heavy atom. The lowest BCUT2D eigenvalue weighted by atomic mass is 10.0. The van der Waals surface area contributed by atoms with Gasteiger partial charge in [0.15, 0.2) is 0 Å². The van der Waals surface area contributed by atoms with Crippen LogP contribution in [0.4, 0.5) is 11.8 Å². The van der Waals surface area contributed by atoms with Gasteiger partial charge in [-0.15, -0.1) is 0 Å². The van der Waals surface area contributed by atoms with Gasteiger partial charge < -0.3 is 10.6 Å². The predicted octanol–water partition coefficient (Wildman–Crippen LogP) is 3.55. The van der Waals surface area contributed by atoms with Crippen LogP contribution in [0.25, 0.3) is 0 Å². The fraction of sp³-hybridized carbons (Fsp3) is 0.692. The van der Waals surface area contributed by atoms with E-state index in [1.54, 1.807) is 13.2 Å². The van der Waals surface area contributed by atoms with E-state index in [9.17, 15) is 0 Å². The third-order valence-corrected chi connectivity index (χ3v) is 3.80. The molecule has 0 radical (unpaired) electrons. The first-order valence-corrected chi connectivity index (χ1v) is 7.11. The summed E-state index contributed by atoms with van der Waals surface area (Å²) in [6, 6.07) is 0. The fourth-order valence-electron chi connectivity index (χ4n) is 2.51. The SMILES string of the molecule is CNc1ncc(Cl)c(NCCCC2CCCC2)n1. The van der Waals surface area contributed by atoms with Gasteiger partial charge in [-0.05, 0) is 18.8 Å². The molecule has 2 rings (SSSR count). The van der Waals surface area contributed by atoms with Crippen molar-refractivity contribution in [2.45, 2.75) is 38.5 Å². The summed E-state index contributed by atoms with van der Waals surface area (Å²) in [5, 5.41) is 6.78. The number of nitrogens with zero attached hydrogens (tertiary/aromatic N) is 2. The maximum absolute atomic E-state index is 6.04. The average Bonchev–Trinajstić information content (AvgIpc) is 2.89. The first-order valence-electron chi connectivity index (χ1n) is 6.73. The van der Waals surface area contributed by atoms with Gasteiger partial charge in [-0.2, -0.15) is 4.98 Å². The van der Waals surface area contributed by atoms with E-state index in [0.717, 1.165) is 18.3 Å². The summed E-state index contributed by atoms with van der Waals surface area (Å²) in [4.78, 5) is 8.35. The molecule has 18 heavy (non-hydrogen) atoms. The van der Waals surface area contributed by atoms with E-state index in [-0.39, 0.29) is 0 Å². The molecule has 1 aliphatic carbocycles. The Bertz CT molecular complexity index is 377. The molecule has 0 atom stereocenters. The zero-order valence-electron chi connectivity index (χ0n) is 10.9. The lowest BCUT2D eigenvalue weighted by Crippen LogP contribution is -2.07. The van der Waals surface area contributed by atoms with E-state index in [1.165, 1.54) is 38.5 Å². The van der Waals surface area contributed by atoms with Gasteiger partial charge in [0, 0.05) is 13.6 Å². The summed E-state index contributed by atoms with van der Waals surface area (Å²) in [5.41, 5.74) is 0. The van der Waals surface area contributed by atoms with Crippen molar-refractivity contribution < 1.29 is 0 Å². The minimum atomic E-state index is 0.579. The largest absolute Gasteiger partial charge is 0.369 e. The van der Waals surface area contributed by atoms with Crippen molar-refractivity contribution >= 4 is 23.4 Å². The van der Waals surface area contributed by atoms with Gasteiger partial charge in [0.2, 0.25) is 5.95 Å². The van der Waals surface area contributed by atoms with E-state index < -0.39 is 0 Å². The molecule has 0 aliphatic heterocycles. The molecular formula is C13H21ClN4. The average molecular weight is 269 g/mol. The number of hydrogen-bond donors (Lipinski definition) is 2. The smallest absolute Gasteiger partial charge is 0.224 e. The molecule has 1 saturated carbocycles. The van der Waals surface area contributed by atoms with Gasteiger partial charge in [-0.3, -0.25) is 0 Å². The van der Waals surface area contributed by atoms with E-state index in [0.29, 0.717) is 11.0 Å². The van der Waals surface area contributed by atoms with Crippen LogP contribution in [0.5, 0.6) is 0 Å². The maximum Gasteiger partial charge on any atom is 0.224 e. The highest BCUT2D eigenvalue weighted by molar-refractivity contribution is 6.32. The number of nitrogens with one attached hydrogen (secondary N) is 2. The molecule has 5 heteroatoms. The maximum atomic E-state index is 6.04. The van der Waals surface area contributed by atoms with Gasteiger partial charge >= 0.3 is 0 Å². The topological polar surface area (TPSA) is 49.8 Å². The van der Waals surface area contributed by atoms with E-state index in [4.69, 9.17) is 11.6 Å². The molecule has 4 nitrogen and oxygen atoms in total. The van der Waals surface area contributed by atoms with Crippen LogP contribution in [0.3, 0.4) is 0 Å². The van der Waals surface area contributed by atoms with Crippen molar-refractivity contribution in [3.05, 3.63) is 11.2 Å². The Kier molecular flexibility index (Phi) is 5.05. The third kappa shape index (κ3) is 3.73. The van der Waals surface area contributed by atoms with E-state index in [1.807, 2.05) is 0 Å². The van der Waals surface area contributed by atoms with Crippen molar-refractivity contribution in [1.82, 2.24) is 9.97 Å². The number of hydrogen-bond acceptors (Lipinski definition) is 4. The molecule has 0 aromatic carbocycles. The summed E-state index contributed by atoms with van der Waals surface area (Å²) >= 11 is 6.04. The normalized spacial score (nSPS) is 15.9. The quantitative estimate of drug-likeness (QED) is 0.775. The van der Waals surface area contributed by atoms with Crippen molar-refractivity contribution in [3.63, 3.8) is 0 Å². The van der Waals surface area contributed by atoms with Gasteiger partial charge in [0.25, 0.3) is 0 Å². The zero-order chi connectivity index (χ0) is 12.8. The van der Waals surface area contributed by atoms with E-state index >= 15 is 0 Å². The summed E-state index contributed by atoms with van der Waals surface area (Å²) in [5.74, 6) is 2.26. The van der Waals surface area contributed by atoms with Crippen LogP contribution in [0.1, 0.15) is 38.5 Å². The second-order valence-electron chi connectivity index (χ2n) is 4.86. The Hall–Kier alpha value is -1.03. The highest BCUT2D eigenvalue weighted by Crippen LogP contribution is 2.28. The van der Waals surface area contributed by atoms with Crippen LogP contribution in [-0.4, -0.2) is 23.6 Å². The first-order chi connectivity index (χ1) is 8.79. The summed E-state index contributed by atoms with van der Waals surface area (Å²) < 4.78 is 0. The second-order valence-corrected chi connectivity index (χ2v) is 5.27. The highest BCUT2D eigenvalue weighted by atomic mass is 35.5. The molecule has 1 aromatic rings. The Balaban J connectivity index is 1.75. The predicted molar refractivity (Wildman–Crippen MR) is 76.3 cm³/mol. The van der Waals surface area contributed by atoms with Gasteiger partial charge in [0.1, 0.15) is 10.8 Å². The van der Waals surface area contributed by atoms with Gasteiger partial charge in [0.05, 0.1) is 6.20 Å². The molecule has 0 unspecified atom stereocenters. The molecule has 0 saturated heterocycles. The Morgan fingerprint density at radius 2 is 2.17 bits per heavy atom. The van der Waals surface area contributed by atoms with Crippen LogP contribution in [-0.2, 0) is 0 Å². The molecule has 1 aromatic heterocycles. The van der Waals surface area contributed by atoms with Gasteiger partial charge in [-0.1, -0.05) is 37.3 Å². The number of aromatic nitrogens is 2. The Labute approximate surface area is 114 Å². The standard InChI is InChI=1S/C13H21ClN4/c1-15-13-17-9-11(14)12(18-13)16-8-4-7-10-5-2-3-6-10/h9-10H,2-8H2,1H3,(H2,15,16,17,18). The highest BCUT2D eigenvalue weighted by Gasteiger charge is 2.14. The van der Waals surface area contributed by atoms with Crippen LogP contribution in [0.2, 0.25) is 5.02 Å². The number of halogens is 1. The minimum absolute atomic E-state index is 0.579. The molecule has 1 aliphatic rings. The molecule has 100 valence electrons. The molecule has 1 heterocycles. The molecule has 0 spiro atoms. The van der Waals surface area contributed by atoms with Crippen LogP contribution < -0.4 is 10.6 Å². The molecule has 0 bridgehead atoms. The van der Waals surface area contributed by atoms with Crippen molar-refractivity contribution in [1.29, 1.82) is 0 Å². The van der Waals surface area contributed by atoms with Crippen molar-refractivity contribution in [2.24, 2.45) is 5.92 Å². The summed E-state index contributed by atoms with van der Waals surface area (Å²) in [7, 11) is 1.80. The summed E-state index contributed by atoms with van der Waals surface area (Å²) in [6.07, 6.45) is 9.78. The summed E-state index contributed by atoms with van der Waals surface area (Å²) in [6.45, 7) is 0.927. The monoisotopic (exact) mass is 268 g/mol. The van der Waals surface area contributed by atoms with Crippen LogP contribution in [0.15, 0.2) is 6.20 Å². The molecule has 2 N–H and O–H groups in total. The second kappa shape index (κ2) is 6.78. The zero-order valence-corrected chi connectivity index (χ0v) is 11.6. The van der Waals surface area contributed by atoms with Crippen LogP contribution >= 0.6 is 11.6 Å². The Morgan fingerprint density at radius 1 is 1.39 bits per heavy atom. The molecular weight excluding hydrogens is 248 g/mol. The third-order valence-electron chi connectivity index (χ3n) is 3.52. The fourth-order valence-corrected chi connectivity index (χ4v) is 2.67.